The van der Waals surface area contributed by atoms with Gasteiger partial charge in [-0.1, -0.05) is 13.3 Å². The van der Waals surface area contributed by atoms with E-state index >= 15 is 0 Å². The summed E-state index contributed by atoms with van der Waals surface area (Å²) in [6.45, 7) is 3.60. The molecule has 0 saturated heterocycles. The van der Waals surface area contributed by atoms with Crippen LogP contribution in [-0.2, 0) is 0 Å². The van der Waals surface area contributed by atoms with E-state index in [0.717, 1.165) is 12.0 Å². The van der Waals surface area contributed by atoms with Crippen molar-refractivity contribution < 1.29 is 0 Å². The fourth-order valence-electron chi connectivity index (χ4n) is 3.14. The second kappa shape index (κ2) is 4.42. The zero-order valence-corrected chi connectivity index (χ0v) is 10.6. The van der Waals surface area contributed by atoms with Crippen molar-refractivity contribution in [2.45, 2.75) is 57.0 Å². The van der Waals surface area contributed by atoms with Gasteiger partial charge in [0.1, 0.15) is 0 Å². The molecule has 2 rings (SSSR count). The minimum absolute atomic E-state index is 0.488. The van der Waals surface area contributed by atoms with Gasteiger partial charge >= 0.3 is 0 Å². The van der Waals surface area contributed by atoms with Crippen molar-refractivity contribution in [3.63, 3.8) is 0 Å². The van der Waals surface area contributed by atoms with E-state index in [0.29, 0.717) is 5.54 Å². The Kier molecular flexibility index (Phi) is 3.36. The van der Waals surface area contributed by atoms with Gasteiger partial charge in [-0.15, -0.1) is 0 Å². The molecule has 0 spiro atoms. The van der Waals surface area contributed by atoms with Gasteiger partial charge < -0.3 is 10.2 Å². The van der Waals surface area contributed by atoms with Crippen LogP contribution in [0.1, 0.15) is 45.4 Å². The Hall–Kier alpha value is -0.0800. The molecule has 0 aliphatic heterocycles. The first-order valence-electron chi connectivity index (χ1n) is 6.55. The van der Waals surface area contributed by atoms with Crippen molar-refractivity contribution in [3.05, 3.63) is 0 Å². The van der Waals surface area contributed by atoms with Crippen molar-refractivity contribution >= 4 is 0 Å². The Labute approximate surface area is 94.4 Å². The van der Waals surface area contributed by atoms with Gasteiger partial charge in [0.2, 0.25) is 0 Å². The number of nitrogens with one attached hydrogen (secondary N) is 1. The molecule has 2 aliphatic carbocycles. The smallest absolute Gasteiger partial charge is 0.0328 e. The highest BCUT2D eigenvalue weighted by molar-refractivity contribution is 4.98. The number of rotatable bonds is 4. The largest absolute Gasteiger partial charge is 0.312 e. The summed E-state index contributed by atoms with van der Waals surface area (Å²) in [6, 6.07) is 0.794. The van der Waals surface area contributed by atoms with Gasteiger partial charge in [-0.2, -0.15) is 0 Å². The Morgan fingerprint density at radius 1 is 1.20 bits per heavy atom. The third-order valence-electron chi connectivity index (χ3n) is 4.79. The van der Waals surface area contributed by atoms with Crippen LogP contribution in [0, 0.1) is 5.92 Å². The van der Waals surface area contributed by atoms with Gasteiger partial charge in [0.25, 0.3) is 0 Å². The standard InChI is InChI=1S/C13H26N2/c1-11-6-4-7-12(11)14-10-13(15(2)3)8-5-9-13/h11-12,14H,4-10H2,1-3H3. The summed E-state index contributed by atoms with van der Waals surface area (Å²) in [5, 5.41) is 3.81. The lowest BCUT2D eigenvalue weighted by Crippen LogP contribution is -2.57. The fraction of sp³-hybridized carbons (Fsp3) is 1.00. The van der Waals surface area contributed by atoms with E-state index < -0.39 is 0 Å². The van der Waals surface area contributed by atoms with Crippen LogP contribution in [0.25, 0.3) is 0 Å². The first kappa shape index (κ1) is 11.4. The summed E-state index contributed by atoms with van der Waals surface area (Å²) in [5.74, 6) is 0.893. The molecule has 2 heteroatoms. The van der Waals surface area contributed by atoms with Crippen molar-refractivity contribution in [1.82, 2.24) is 10.2 Å². The van der Waals surface area contributed by atoms with Crippen molar-refractivity contribution in [3.8, 4) is 0 Å². The van der Waals surface area contributed by atoms with E-state index in [1.165, 1.54) is 45.1 Å². The molecule has 2 aliphatic rings. The maximum absolute atomic E-state index is 3.81. The Morgan fingerprint density at radius 2 is 1.93 bits per heavy atom. The average molecular weight is 210 g/mol. The summed E-state index contributed by atoms with van der Waals surface area (Å²) in [7, 11) is 4.47. The van der Waals surface area contributed by atoms with Gasteiger partial charge in [-0.05, 0) is 52.1 Å². The van der Waals surface area contributed by atoms with Crippen LogP contribution in [0.4, 0.5) is 0 Å². The monoisotopic (exact) mass is 210 g/mol. The van der Waals surface area contributed by atoms with E-state index in [1.54, 1.807) is 0 Å². The van der Waals surface area contributed by atoms with E-state index in [2.05, 4.69) is 31.2 Å². The van der Waals surface area contributed by atoms with E-state index in [-0.39, 0.29) is 0 Å². The van der Waals surface area contributed by atoms with Crippen LogP contribution in [0.2, 0.25) is 0 Å². The molecule has 0 aromatic carbocycles. The third-order valence-corrected chi connectivity index (χ3v) is 4.79. The zero-order valence-electron chi connectivity index (χ0n) is 10.6. The molecule has 2 fully saturated rings. The van der Waals surface area contributed by atoms with E-state index in [4.69, 9.17) is 0 Å². The molecule has 0 aromatic rings. The predicted octanol–water partition coefficient (Wildman–Crippen LogP) is 2.25. The minimum atomic E-state index is 0.488. The molecule has 0 radical (unpaired) electrons. The van der Waals surface area contributed by atoms with Crippen LogP contribution >= 0.6 is 0 Å². The Balaban J connectivity index is 1.81. The average Bonchev–Trinajstić information content (AvgIpc) is 2.49. The Morgan fingerprint density at radius 3 is 2.33 bits per heavy atom. The molecule has 0 bridgehead atoms. The van der Waals surface area contributed by atoms with Gasteiger partial charge in [-0.25, -0.2) is 0 Å². The molecule has 2 unspecified atom stereocenters. The van der Waals surface area contributed by atoms with Gasteiger partial charge in [0.15, 0.2) is 0 Å². The first-order chi connectivity index (χ1) is 7.14. The van der Waals surface area contributed by atoms with Crippen LogP contribution in [-0.4, -0.2) is 37.1 Å². The first-order valence-corrected chi connectivity index (χ1v) is 6.55. The molecule has 0 amide bonds. The number of hydrogen-bond donors (Lipinski definition) is 1. The number of nitrogens with zero attached hydrogens (tertiary/aromatic N) is 1. The zero-order chi connectivity index (χ0) is 10.9. The molecule has 88 valence electrons. The minimum Gasteiger partial charge on any atom is -0.312 e. The summed E-state index contributed by atoms with van der Waals surface area (Å²) < 4.78 is 0. The quantitative estimate of drug-likeness (QED) is 0.765. The Bertz CT molecular complexity index is 209. The molecule has 0 aromatic heterocycles. The highest BCUT2D eigenvalue weighted by atomic mass is 15.2. The molecule has 1 N–H and O–H groups in total. The molecule has 2 nitrogen and oxygen atoms in total. The van der Waals surface area contributed by atoms with Crippen molar-refractivity contribution in [1.29, 1.82) is 0 Å². The molecular formula is C13H26N2. The molecule has 15 heavy (non-hydrogen) atoms. The lowest BCUT2D eigenvalue weighted by Gasteiger charge is -2.48. The lowest BCUT2D eigenvalue weighted by molar-refractivity contribution is 0.0559. The fourth-order valence-corrected chi connectivity index (χ4v) is 3.14. The predicted molar refractivity (Wildman–Crippen MR) is 65.1 cm³/mol. The van der Waals surface area contributed by atoms with E-state index in [1.807, 2.05) is 0 Å². The van der Waals surface area contributed by atoms with Crippen LogP contribution in [0.5, 0.6) is 0 Å². The van der Waals surface area contributed by atoms with Crippen LogP contribution < -0.4 is 5.32 Å². The van der Waals surface area contributed by atoms with Crippen LogP contribution in [0.15, 0.2) is 0 Å². The summed E-state index contributed by atoms with van der Waals surface area (Å²) in [4.78, 5) is 2.43. The number of likely N-dealkylation sites (N-methyl/N-ethyl adjacent to an activating group) is 1. The van der Waals surface area contributed by atoms with Gasteiger partial charge in [0, 0.05) is 18.1 Å². The second-order valence-electron chi connectivity index (χ2n) is 5.87. The third kappa shape index (κ3) is 2.21. The van der Waals surface area contributed by atoms with Crippen molar-refractivity contribution in [2.24, 2.45) is 5.92 Å². The highest BCUT2D eigenvalue weighted by Gasteiger charge is 2.39. The number of hydrogen-bond acceptors (Lipinski definition) is 2. The summed E-state index contributed by atoms with van der Waals surface area (Å²) >= 11 is 0. The molecule has 2 saturated carbocycles. The topological polar surface area (TPSA) is 15.3 Å². The molecule has 0 heterocycles. The maximum Gasteiger partial charge on any atom is 0.0328 e. The maximum atomic E-state index is 3.81. The summed E-state index contributed by atoms with van der Waals surface area (Å²) in [5.41, 5.74) is 0.488. The van der Waals surface area contributed by atoms with Gasteiger partial charge in [-0.3, -0.25) is 0 Å². The second-order valence-corrected chi connectivity index (χ2v) is 5.87. The van der Waals surface area contributed by atoms with Crippen molar-refractivity contribution in [2.75, 3.05) is 20.6 Å². The van der Waals surface area contributed by atoms with Gasteiger partial charge in [0.05, 0.1) is 0 Å². The molecular weight excluding hydrogens is 184 g/mol. The summed E-state index contributed by atoms with van der Waals surface area (Å²) in [6.07, 6.45) is 8.42. The molecule has 2 atom stereocenters. The van der Waals surface area contributed by atoms with E-state index in [9.17, 15) is 0 Å². The lowest BCUT2D eigenvalue weighted by atomic mass is 9.75. The highest BCUT2D eigenvalue weighted by Crippen LogP contribution is 2.36. The van der Waals surface area contributed by atoms with Crippen LogP contribution in [0.3, 0.4) is 0 Å². The normalized spacial score (nSPS) is 34.4. The SMILES string of the molecule is CC1CCCC1NCC1(N(C)C)CCC1.